The number of rotatable bonds is 7. The van der Waals surface area contributed by atoms with Crippen LogP contribution >= 0.6 is 0 Å². The molecule has 0 radical (unpaired) electrons. The molecule has 0 aromatic carbocycles. The van der Waals surface area contributed by atoms with Gasteiger partial charge >= 0.3 is 0 Å². The molecule has 2 rings (SSSR count). The largest absolute Gasteiger partial charge is 0.490 e. The zero-order chi connectivity index (χ0) is 15.1. The fourth-order valence-electron chi connectivity index (χ4n) is 2.81. The predicted molar refractivity (Wildman–Crippen MR) is 84.7 cm³/mol. The molecule has 0 amide bonds. The Balaban J connectivity index is 2.01. The molecule has 118 valence electrons. The van der Waals surface area contributed by atoms with Crippen LogP contribution in [-0.4, -0.2) is 30.8 Å². The van der Waals surface area contributed by atoms with E-state index >= 15 is 0 Å². The molecule has 1 aromatic rings. The van der Waals surface area contributed by atoms with Gasteiger partial charge in [0.1, 0.15) is 11.9 Å². The summed E-state index contributed by atoms with van der Waals surface area (Å²) in [6.45, 7) is 6.01. The molecule has 0 aliphatic heterocycles. The number of nitrogens with one attached hydrogen (secondary N) is 1. The van der Waals surface area contributed by atoms with Crippen molar-refractivity contribution in [2.45, 2.75) is 64.7 Å². The Hall–Kier alpha value is -1.13. The van der Waals surface area contributed by atoms with Gasteiger partial charge in [-0.3, -0.25) is 4.98 Å². The molecule has 1 aliphatic carbocycles. The highest BCUT2D eigenvalue weighted by atomic mass is 16.5. The van der Waals surface area contributed by atoms with Crippen LogP contribution in [0.15, 0.2) is 12.3 Å². The third kappa shape index (κ3) is 4.97. The van der Waals surface area contributed by atoms with E-state index in [9.17, 15) is 0 Å². The fourth-order valence-corrected chi connectivity index (χ4v) is 2.81. The maximum atomic E-state index is 6.27. The lowest BCUT2D eigenvalue weighted by atomic mass is 9.95. The third-order valence-corrected chi connectivity index (χ3v) is 4.03. The molecule has 1 N–H and O–H groups in total. The van der Waals surface area contributed by atoms with Crippen molar-refractivity contribution in [1.82, 2.24) is 10.3 Å². The summed E-state index contributed by atoms with van der Waals surface area (Å²) in [5.41, 5.74) is 2.15. The Bertz CT molecular complexity index is 437. The van der Waals surface area contributed by atoms with Crippen LogP contribution in [0.4, 0.5) is 0 Å². The van der Waals surface area contributed by atoms with Crippen LogP contribution in [0.5, 0.6) is 5.75 Å². The minimum Gasteiger partial charge on any atom is -0.490 e. The number of methoxy groups -OCH3 is 1. The first-order chi connectivity index (χ1) is 10.2. The fraction of sp³-hybridized carbons (Fsp3) is 0.706. The highest BCUT2D eigenvalue weighted by molar-refractivity contribution is 5.33. The standard InChI is InChI=1S/C17H28N2O2/c1-4-8-18-11-14-12-19-13(2)9-17(14)21-16-7-5-6-15(10-16)20-3/h9,12,15-16,18H,4-8,10-11H2,1-3H3. The van der Waals surface area contributed by atoms with Gasteiger partial charge in [-0.05, 0) is 39.2 Å². The molecular weight excluding hydrogens is 264 g/mol. The van der Waals surface area contributed by atoms with Crippen molar-refractivity contribution in [1.29, 1.82) is 0 Å². The number of pyridine rings is 1. The molecule has 1 aliphatic rings. The second-order valence-electron chi connectivity index (χ2n) is 5.87. The van der Waals surface area contributed by atoms with Crippen LogP contribution in [0.1, 0.15) is 50.3 Å². The average Bonchev–Trinajstić information content (AvgIpc) is 2.50. The highest BCUT2D eigenvalue weighted by Crippen LogP contribution is 2.27. The van der Waals surface area contributed by atoms with Crippen molar-refractivity contribution in [3.8, 4) is 5.75 Å². The zero-order valence-corrected chi connectivity index (χ0v) is 13.5. The van der Waals surface area contributed by atoms with Crippen molar-refractivity contribution in [2.75, 3.05) is 13.7 Å². The Morgan fingerprint density at radius 1 is 1.33 bits per heavy atom. The molecule has 4 nitrogen and oxygen atoms in total. The van der Waals surface area contributed by atoms with Crippen LogP contribution in [0.3, 0.4) is 0 Å². The van der Waals surface area contributed by atoms with Gasteiger partial charge < -0.3 is 14.8 Å². The molecule has 21 heavy (non-hydrogen) atoms. The normalized spacial score (nSPS) is 22.2. The van der Waals surface area contributed by atoms with E-state index in [1.807, 2.05) is 13.1 Å². The van der Waals surface area contributed by atoms with Gasteiger partial charge in [-0.15, -0.1) is 0 Å². The van der Waals surface area contributed by atoms with Gasteiger partial charge in [-0.1, -0.05) is 6.92 Å². The van der Waals surface area contributed by atoms with E-state index in [0.29, 0.717) is 6.10 Å². The van der Waals surface area contributed by atoms with E-state index in [0.717, 1.165) is 55.8 Å². The van der Waals surface area contributed by atoms with E-state index in [4.69, 9.17) is 9.47 Å². The summed E-state index contributed by atoms with van der Waals surface area (Å²) >= 11 is 0. The van der Waals surface area contributed by atoms with Gasteiger partial charge in [-0.2, -0.15) is 0 Å². The molecule has 1 saturated carbocycles. The number of ether oxygens (including phenoxy) is 2. The minimum atomic E-state index is 0.260. The molecule has 2 unspecified atom stereocenters. The summed E-state index contributed by atoms with van der Waals surface area (Å²) in [5.74, 6) is 0.979. The smallest absolute Gasteiger partial charge is 0.127 e. The molecule has 0 spiro atoms. The van der Waals surface area contributed by atoms with E-state index < -0.39 is 0 Å². The highest BCUT2D eigenvalue weighted by Gasteiger charge is 2.23. The van der Waals surface area contributed by atoms with Crippen molar-refractivity contribution in [3.05, 3.63) is 23.5 Å². The van der Waals surface area contributed by atoms with E-state index in [1.165, 1.54) is 6.42 Å². The van der Waals surface area contributed by atoms with Crippen LogP contribution in [0.2, 0.25) is 0 Å². The minimum absolute atomic E-state index is 0.260. The predicted octanol–water partition coefficient (Wildman–Crippen LogP) is 3.23. The second kappa shape index (κ2) is 8.35. The summed E-state index contributed by atoms with van der Waals surface area (Å²) < 4.78 is 11.8. The molecule has 0 bridgehead atoms. The number of aryl methyl sites for hydroxylation is 1. The maximum absolute atomic E-state index is 6.27. The molecule has 1 fully saturated rings. The van der Waals surface area contributed by atoms with Crippen molar-refractivity contribution in [3.63, 3.8) is 0 Å². The Morgan fingerprint density at radius 2 is 2.14 bits per heavy atom. The van der Waals surface area contributed by atoms with Crippen LogP contribution in [0.25, 0.3) is 0 Å². The van der Waals surface area contributed by atoms with E-state index in [-0.39, 0.29) is 6.10 Å². The van der Waals surface area contributed by atoms with Gasteiger partial charge in [0, 0.05) is 43.6 Å². The SMILES string of the molecule is CCCNCc1cnc(C)cc1OC1CCCC(OC)C1. The zero-order valence-electron chi connectivity index (χ0n) is 13.5. The molecule has 0 saturated heterocycles. The summed E-state index contributed by atoms with van der Waals surface area (Å²) in [6, 6.07) is 2.05. The number of aromatic nitrogens is 1. The lowest BCUT2D eigenvalue weighted by Gasteiger charge is -2.29. The molecule has 4 heteroatoms. The first kappa shape index (κ1) is 16.2. The van der Waals surface area contributed by atoms with Gasteiger partial charge in [0.25, 0.3) is 0 Å². The van der Waals surface area contributed by atoms with Crippen molar-refractivity contribution >= 4 is 0 Å². The first-order valence-corrected chi connectivity index (χ1v) is 8.08. The molecular formula is C17H28N2O2. The Morgan fingerprint density at radius 3 is 2.90 bits per heavy atom. The second-order valence-corrected chi connectivity index (χ2v) is 5.87. The van der Waals surface area contributed by atoms with Gasteiger partial charge in [0.2, 0.25) is 0 Å². The van der Waals surface area contributed by atoms with Crippen LogP contribution in [-0.2, 0) is 11.3 Å². The van der Waals surface area contributed by atoms with Gasteiger partial charge in [-0.25, -0.2) is 0 Å². The lowest BCUT2D eigenvalue weighted by molar-refractivity contribution is 0.0206. The number of hydrogen-bond acceptors (Lipinski definition) is 4. The number of nitrogens with zero attached hydrogens (tertiary/aromatic N) is 1. The van der Waals surface area contributed by atoms with Gasteiger partial charge in [0.05, 0.1) is 6.10 Å². The summed E-state index contributed by atoms with van der Waals surface area (Å²) in [7, 11) is 1.80. The maximum Gasteiger partial charge on any atom is 0.127 e. The molecule has 1 heterocycles. The van der Waals surface area contributed by atoms with E-state index in [2.05, 4.69) is 23.3 Å². The third-order valence-electron chi connectivity index (χ3n) is 4.03. The first-order valence-electron chi connectivity index (χ1n) is 8.08. The van der Waals surface area contributed by atoms with Crippen molar-refractivity contribution in [2.24, 2.45) is 0 Å². The summed E-state index contributed by atoms with van der Waals surface area (Å²) in [6.07, 6.45) is 8.09. The van der Waals surface area contributed by atoms with Gasteiger partial charge in [0.15, 0.2) is 0 Å². The monoisotopic (exact) mass is 292 g/mol. The van der Waals surface area contributed by atoms with Crippen molar-refractivity contribution < 1.29 is 9.47 Å². The Labute approximate surface area is 128 Å². The molecule has 2 atom stereocenters. The van der Waals surface area contributed by atoms with E-state index in [1.54, 1.807) is 7.11 Å². The molecule has 1 aromatic heterocycles. The Kier molecular flexibility index (Phi) is 6.46. The average molecular weight is 292 g/mol. The quantitative estimate of drug-likeness (QED) is 0.784. The number of hydrogen-bond donors (Lipinski definition) is 1. The van der Waals surface area contributed by atoms with Crippen LogP contribution in [0, 0.1) is 6.92 Å². The van der Waals surface area contributed by atoms with Crippen LogP contribution < -0.4 is 10.1 Å². The summed E-state index contributed by atoms with van der Waals surface area (Å²) in [4.78, 5) is 4.40. The lowest BCUT2D eigenvalue weighted by Crippen LogP contribution is -2.30. The summed E-state index contributed by atoms with van der Waals surface area (Å²) in [5, 5.41) is 3.42. The topological polar surface area (TPSA) is 43.4 Å².